The Bertz CT molecular complexity index is 687. The predicted octanol–water partition coefficient (Wildman–Crippen LogP) is 2.71. The predicted molar refractivity (Wildman–Crippen MR) is 107 cm³/mol. The van der Waals surface area contributed by atoms with Gasteiger partial charge in [-0.05, 0) is 38.3 Å². The number of benzene rings is 1. The standard InChI is InChI=1S/C22H32N2O4/c1-3-11-24-17(2)22(27-16-21(24)25)9-13-23(14-10-22)12-8-18-15-26-19-6-4-5-7-20(19)28-18/h4-7,17-18H,3,8-16H2,1-2H3. The summed E-state index contributed by atoms with van der Waals surface area (Å²) in [6.07, 6.45) is 4.01. The molecule has 3 aliphatic rings. The fraction of sp³-hybridized carbons (Fsp3) is 0.682. The molecular weight excluding hydrogens is 356 g/mol. The van der Waals surface area contributed by atoms with Gasteiger partial charge in [-0.2, -0.15) is 0 Å². The second kappa shape index (κ2) is 8.29. The Morgan fingerprint density at radius 2 is 1.89 bits per heavy atom. The summed E-state index contributed by atoms with van der Waals surface area (Å²) in [5.41, 5.74) is -0.178. The molecule has 1 spiro atoms. The number of para-hydroxylation sites is 2. The number of hydrogen-bond donors (Lipinski definition) is 0. The molecule has 6 heteroatoms. The van der Waals surface area contributed by atoms with Gasteiger partial charge >= 0.3 is 0 Å². The lowest BCUT2D eigenvalue weighted by atomic mass is 9.82. The van der Waals surface area contributed by atoms with Crippen molar-refractivity contribution in [2.45, 2.75) is 57.3 Å². The maximum atomic E-state index is 12.2. The second-order valence-corrected chi connectivity index (χ2v) is 8.24. The van der Waals surface area contributed by atoms with E-state index in [1.807, 2.05) is 29.2 Å². The van der Waals surface area contributed by atoms with Crippen molar-refractivity contribution < 1.29 is 19.0 Å². The summed E-state index contributed by atoms with van der Waals surface area (Å²) < 4.78 is 18.0. The van der Waals surface area contributed by atoms with Crippen LogP contribution in [-0.4, -0.2) is 72.8 Å². The molecule has 1 aromatic rings. The molecule has 2 atom stereocenters. The normalized spacial score (nSPS) is 27.2. The van der Waals surface area contributed by atoms with Gasteiger partial charge < -0.3 is 24.0 Å². The summed E-state index contributed by atoms with van der Waals surface area (Å²) in [4.78, 5) is 16.7. The van der Waals surface area contributed by atoms with E-state index in [-0.39, 0.29) is 30.3 Å². The second-order valence-electron chi connectivity index (χ2n) is 8.24. The Balaban J connectivity index is 1.27. The maximum Gasteiger partial charge on any atom is 0.248 e. The third-order valence-corrected chi connectivity index (χ3v) is 6.53. The number of likely N-dealkylation sites (tertiary alicyclic amines) is 1. The average molecular weight is 389 g/mol. The van der Waals surface area contributed by atoms with Crippen molar-refractivity contribution >= 4 is 5.91 Å². The third-order valence-electron chi connectivity index (χ3n) is 6.53. The Morgan fingerprint density at radius 1 is 1.14 bits per heavy atom. The van der Waals surface area contributed by atoms with Gasteiger partial charge in [0.05, 0.1) is 11.6 Å². The van der Waals surface area contributed by atoms with Crippen LogP contribution in [0.25, 0.3) is 0 Å². The summed E-state index contributed by atoms with van der Waals surface area (Å²) in [6.45, 7) is 8.96. The van der Waals surface area contributed by atoms with E-state index < -0.39 is 0 Å². The first-order valence-corrected chi connectivity index (χ1v) is 10.7. The van der Waals surface area contributed by atoms with E-state index in [1.165, 1.54) is 0 Å². The minimum absolute atomic E-state index is 0.105. The molecule has 0 saturated carbocycles. The molecule has 28 heavy (non-hydrogen) atoms. The van der Waals surface area contributed by atoms with Gasteiger partial charge in [0.2, 0.25) is 5.91 Å². The van der Waals surface area contributed by atoms with Crippen molar-refractivity contribution in [3.8, 4) is 11.5 Å². The number of carbonyl (C=O) groups excluding carboxylic acids is 1. The van der Waals surface area contributed by atoms with Crippen LogP contribution in [0.15, 0.2) is 24.3 Å². The largest absolute Gasteiger partial charge is 0.486 e. The number of morpholine rings is 1. The van der Waals surface area contributed by atoms with E-state index in [9.17, 15) is 4.79 Å². The topological polar surface area (TPSA) is 51.2 Å². The van der Waals surface area contributed by atoms with Crippen LogP contribution in [0.5, 0.6) is 11.5 Å². The molecule has 1 aromatic carbocycles. The quantitative estimate of drug-likeness (QED) is 0.776. The van der Waals surface area contributed by atoms with Crippen molar-refractivity contribution in [1.82, 2.24) is 9.80 Å². The SMILES string of the molecule is CCCN1C(=O)COC2(CCN(CCC3COc4ccccc4O3)CC2)C1C. The number of carbonyl (C=O) groups is 1. The Labute approximate surface area is 167 Å². The van der Waals surface area contributed by atoms with Crippen LogP contribution in [-0.2, 0) is 9.53 Å². The first-order valence-electron chi connectivity index (χ1n) is 10.7. The molecule has 154 valence electrons. The van der Waals surface area contributed by atoms with Crippen LogP contribution in [0.2, 0.25) is 0 Å². The first-order chi connectivity index (χ1) is 13.6. The van der Waals surface area contributed by atoms with Gasteiger partial charge in [-0.15, -0.1) is 0 Å². The molecular formula is C22H32N2O4. The van der Waals surface area contributed by atoms with Gasteiger partial charge in [0.1, 0.15) is 19.3 Å². The molecule has 0 bridgehead atoms. The van der Waals surface area contributed by atoms with Crippen LogP contribution >= 0.6 is 0 Å². The molecule has 1 amide bonds. The lowest BCUT2D eigenvalue weighted by Crippen LogP contribution is -2.64. The van der Waals surface area contributed by atoms with Crippen LogP contribution in [0.1, 0.15) is 39.5 Å². The molecule has 0 aromatic heterocycles. The summed E-state index contributed by atoms with van der Waals surface area (Å²) in [6, 6.07) is 8.02. The number of ether oxygens (including phenoxy) is 3. The highest BCUT2D eigenvalue weighted by Gasteiger charge is 2.47. The van der Waals surface area contributed by atoms with Crippen molar-refractivity contribution in [3.63, 3.8) is 0 Å². The number of hydrogen-bond acceptors (Lipinski definition) is 5. The molecule has 3 heterocycles. The minimum Gasteiger partial charge on any atom is -0.486 e. The number of piperidine rings is 1. The zero-order valence-corrected chi connectivity index (χ0v) is 17.1. The Hall–Kier alpha value is -1.79. The summed E-state index contributed by atoms with van der Waals surface area (Å²) in [5.74, 6) is 1.83. The number of fused-ring (bicyclic) bond motifs is 1. The minimum atomic E-state index is -0.178. The van der Waals surface area contributed by atoms with Crippen LogP contribution in [0.4, 0.5) is 0 Å². The Morgan fingerprint density at radius 3 is 2.64 bits per heavy atom. The summed E-state index contributed by atoms with van der Waals surface area (Å²) in [7, 11) is 0. The Kier molecular flexibility index (Phi) is 5.78. The molecule has 2 saturated heterocycles. The zero-order chi connectivity index (χ0) is 19.6. The van der Waals surface area contributed by atoms with Gasteiger partial charge in [0, 0.05) is 32.6 Å². The molecule has 0 radical (unpaired) electrons. The lowest BCUT2D eigenvalue weighted by Gasteiger charge is -2.51. The van der Waals surface area contributed by atoms with Gasteiger partial charge in [0.25, 0.3) is 0 Å². The third kappa shape index (κ3) is 3.85. The fourth-order valence-corrected chi connectivity index (χ4v) is 4.72. The number of nitrogens with zero attached hydrogens (tertiary/aromatic N) is 2. The van der Waals surface area contributed by atoms with Gasteiger partial charge in [0.15, 0.2) is 11.5 Å². The first kappa shape index (κ1) is 19.5. The van der Waals surface area contributed by atoms with Gasteiger partial charge in [-0.25, -0.2) is 0 Å². The van der Waals surface area contributed by atoms with Crippen molar-refractivity contribution in [2.24, 2.45) is 0 Å². The molecule has 0 aliphatic carbocycles. The van der Waals surface area contributed by atoms with E-state index >= 15 is 0 Å². The van der Waals surface area contributed by atoms with E-state index in [4.69, 9.17) is 14.2 Å². The van der Waals surface area contributed by atoms with Gasteiger partial charge in [-0.1, -0.05) is 19.1 Å². The average Bonchev–Trinajstić information content (AvgIpc) is 2.73. The van der Waals surface area contributed by atoms with E-state index in [1.54, 1.807) is 0 Å². The monoisotopic (exact) mass is 388 g/mol. The number of rotatable bonds is 5. The fourth-order valence-electron chi connectivity index (χ4n) is 4.72. The molecule has 4 rings (SSSR count). The smallest absolute Gasteiger partial charge is 0.248 e. The van der Waals surface area contributed by atoms with E-state index in [0.29, 0.717) is 6.61 Å². The van der Waals surface area contributed by atoms with Crippen molar-refractivity contribution in [1.29, 1.82) is 0 Å². The zero-order valence-electron chi connectivity index (χ0n) is 17.1. The van der Waals surface area contributed by atoms with E-state index in [2.05, 4.69) is 18.7 Å². The van der Waals surface area contributed by atoms with Crippen LogP contribution in [0.3, 0.4) is 0 Å². The molecule has 0 N–H and O–H groups in total. The highest BCUT2D eigenvalue weighted by Crippen LogP contribution is 2.36. The maximum absolute atomic E-state index is 12.2. The lowest BCUT2D eigenvalue weighted by molar-refractivity contribution is -0.186. The van der Waals surface area contributed by atoms with Gasteiger partial charge in [-0.3, -0.25) is 4.79 Å². The molecule has 6 nitrogen and oxygen atoms in total. The number of amides is 1. The van der Waals surface area contributed by atoms with Crippen LogP contribution in [0, 0.1) is 0 Å². The van der Waals surface area contributed by atoms with Crippen molar-refractivity contribution in [3.05, 3.63) is 24.3 Å². The molecule has 2 unspecified atom stereocenters. The van der Waals surface area contributed by atoms with Crippen LogP contribution < -0.4 is 9.47 Å². The summed E-state index contributed by atoms with van der Waals surface area (Å²) in [5, 5.41) is 0. The highest BCUT2D eigenvalue weighted by atomic mass is 16.6. The highest BCUT2D eigenvalue weighted by molar-refractivity contribution is 5.78. The summed E-state index contributed by atoms with van der Waals surface area (Å²) >= 11 is 0. The van der Waals surface area contributed by atoms with E-state index in [0.717, 1.165) is 63.4 Å². The molecule has 3 aliphatic heterocycles. The molecule has 2 fully saturated rings. The van der Waals surface area contributed by atoms with Crippen molar-refractivity contribution in [2.75, 3.05) is 39.4 Å².